The van der Waals surface area contributed by atoms with Gasteiger partial charge in [-0.1, -0.05) is 23.7 Å². The van der Waals surface area contributed by atoms with Crippen LogP contribution in [0.4, 0.5) is 0 Å². The number of rotatable bonds is 0. The first-order valence-corrected chi connectivity index (χ1v) is 4.23. The van der Waals surface area contributed by atoms with E-state index in [9.17, 15) is 0 Å². The standard InChI is InChI=1S/C7H4ClO2P/c8-7-5-3-1-2-4-6(5)9-10-11-7/h1-4H. The summed E-state index contributed by atoms with van der Waals surface area (Å²) in [6.07, 6.45) is 0. The van der Waals surface area contributed by atoms with Crippen LogP contribution in [-0.4, -0.2) is 4.75 Å². The van der Waals surface area contributed by atoms with Gasteiger partial charge in [-0.15, -0.1) is 4.67 Å². The minimum absolute atomic E-state index is 0.561. The number of para-hydroxylation sites is 1. The van der Waals surface area contributed by atoms with Crippen LogP contribution >= 0.6 is 20.0 Å². The molecule has 2 rings (SSSR count). The molecule has 4 heteroatoms. The van der Waals surface area contributed by atoms with Gasteiger partial charge in [0.1, 0.15) is 13.2 Å². The Bertz CT molecular complexity index is 311. The molecule has 11 heavy (non-hydrogen) atoms. The molecular formula is C7H4ClO2P. The summed E-state index contributed by atoms with van der Waals surface area (Å²) < 4.78 is 5.37. The predicted molar refractivity (Wildman–Crippen MR) is 45.0 cm³/mol. The summed E-state index contributed by atoms with van der Waals surface area (Å²) in [6.45, 7) is 0. The lowest BCUT2D eigenvalue weighted by Gasteiger charge is -2.10. The van der Waals surface area contributed by atoms with Crippen LogP contribution in [0.15, 0.2) is 24.3 Å². The van der Waals surface area contributed by atoms with E-state index in [4.69, 9.17) is 21.2 Å². The Labute approximate surface area is 70.5 Å². The highest BCUT2D eigenvalue weighted by Crippen LogP contribution is 2.29. The molecule has 0 amide bonds. The van der Waals surface area contributed by atoms with Crippen LogP contribution in [0.2, 0.25) is 0 Å². The second-order valence-corrected chi connectivity index (χ2v) is 3.46. The Balaban J connectivity index is 2.56. The molecule has 1 heterocycles. The minimum Gasteiger partial charge on any atom is -0.328 e. The Morgan fingerprint density at radius 2 is 2.09 bits per heavy atom. The molecule has 0 bridgehead atoms. The predicted octanol–water partition coefficient (Wildman–Crippen LogP) is 2.59. The van der Waals surface area contributed by atoms with Gasteiger partial charge >= 0.3 is 0 Å². The van der Waals surface area contributed by atoms with Crippen molar-refractivity contribution in [2.45, 2.75) is 0 Å². The molecule has 0 aliphatic carbocycles. The number of halogens is 1. The van der Waals surface area contributed by atoms with E-state index < -0.39 is 0 Å². The molecule has 1 aliphatic heterocycles. The fourth-order valence-electron chi connectivity index (χ4n) is 0.850. The van der Waals surface area contributed by atoms with Crippen LogP contribution in [0.25, 0.3) is 0 Å². The third kappa shape index (κ3) is 1.25. The molecule has 0 atom stereocenters. The van der Waals surface area contributed by atoms with Crippen LogP contribution in [-0.2, 0) is 4.67 Å². The fourth-order valence-corrected chi connectivity index (χ4v) is 1.56. The second kappa shape index (κ2) is 2.82. The summed E-state index contributed by atoms with van der Waals surface area (Å²) in [5, 5.41) is 0. The molecule has 0 radical (unpaired) electrons. The summed E-state index contributed by atoms with van der Waals surface area (Å²) in [5.41, 5.74) is 0.905. The van der Waals surface area contributed by atoms with Gasteiger partial charge in [0.05, 0.1) is 0 Å². The number of hydrogen-bond acceptors (Lipinski definition) is 2. The maximum atomic E-state index is 5.85. The molecular weight excluding hydrogens is 183 g/mol. The number of hydrogen-bond donors (Lipinski definition) is 0. The van der Waals surface area contributed by atoms with Gasteiger partial charge in [-0.05, 0) is 12.1 Å². The van der Waals surface area contributed by atoms with Gasteiger partial charge in [0.25, 0.3) is 0 Å². The van der Waals surface area contributed by atoms with Gasteiger partial charge in [-0.2, -0.15) is 0 Å². The summed E-state index contributed by atoms with van der Waals surface area (Å²) in [6, 6.07) is 7.49. The molecule has 0 saturated heterocycles. The van der Waals surface area contributed by atoms with Crippen molar-refractivity contribution in [3.05, 3.63) is 29.8 Å². The molecule has 0 aromatic heterocycles. The van der Waals surface area contributed by atoms with E-state index in [-0.39, 0.29) is 0 Å². The lowest BCUT2D eigenvalue weighted by atomic mass is 10.2. The first-order valence-electron chi connectivity index (χ1n) is 3.04. The summed E-state index contributed by atoms with van der Waals surface area (Å²) in [4.78, 5) is 4.88. The van der Waals surface area contributed by atoms with Crippen molar-refractivity contribution in [3.63, 3.8) is 0 Å². The van der Waals surface area contributed by atoms with Gasteiger partial charge in [-0.3, -0.25) is 0 Å². The molecule has 0 fully saturated rings. The number of benzene rings is 1. The largest absolute Gasteiger partial charge is 0.328 e. The lowest BCUT2D eigenvalue weighted by molar-refractivity contribution is -0.0825. The van der Waals surface area contributed by atoms with E-state index in [1.165, 1.54) is 0 Å². The summed E-state index contributed by atoms with van der Waals surface area (Å²) >= 11 is 5.85. The molecule has 56 valence electrons. The van der Waals surface area contributed by atoms with Crippen molar-refractivity contribution in [2.75, 3.05) is 0 Å². The van der Waals surface area contributed by atoms with Gasteiger partial charge in [0.15, 0.2) is 5.75 Å². The third-order valence-corrected chi connectivity index (χ3v) is 2.31. The van der Waals surface area contributed by atoms with Gasteiger partial charge < -0.3 is 4.89 Å². The van der Waals surface area contributed by atoms with Crippen molar-refractivity contribution >= 4 is 24.8 Å². The molecule has 0 spiro atoms. The highest BCUT2D eigenvalue weighted by atomic mass is 35.5. The zero-order valence-corrected chi connectivity index (χ0v) is 7.10. The van der Waals surface area contributed by atoms with E-state index in [0.717, 1.165) is 5.56 Å². The Kier molecular flexibility index (Phi) is 1.82. The molecule has 1 aliphatic rings. The van der Waals surface area contributed by atoms with E-state index >= 15 is 0 Å². The fraction of sp³-hybridized carbons (Fsp3) is 0. The van der Waals surface area contributed by atoms with E-state index in [0.29, 0.717) is 18.9 Å². The minimum atomic E-state index is 0.561. The molecule has 0 unspecified atom stereocenters. The molecule has 0 N–H and O–H groups in total. The number of fused-ring (bicyclic) bond motifs is 1. The smallest absolute Gasteiger partial charge is 0.175 e. The highest BCUT2D eigenvalue weighted by Gasteiger charge is 2.12. The van der Waals surface area contributed by atoms with Gasteiger partial charge in [0.2, 0.25) is 0 Å². The first kappa shape index (κ1) is 7.11. The summed E-state index contributed by atoms with van der Waals surface area (Å²) in [5.74, 6) is 0.677. The van der Waals surface area contributed by atoms with Gasteiger partial charge in [-0.25, -0.2) is 0 Å². The van der Waals surface area contributed by atoms with E-state index in [1.54, 1.807) is 0 Å². The average molecular weight is 187 g/mol. The third-order valence-electron chi connectivity index (χ3n) is 1.35. The van der Waals surface area contributed by atoms with Crippen LogP contribution in [0.3, 0.4) is 0 Å². The lowest BCUT2D eigenvalue weighted by Crippen LogP contribution is -2.01. The van der Waals surface area contributed by atoms with Crippen molar-refractivity contribution < 1.29 is 9.56 Å². The quantitative estimate of drug-likeness (QED) is 0.458. The Hall–Kier alpha value is -0.560. The Morgan fingerprint density at radius 1 is 1.27 bits per heavy atom. The normalized spacial score (nSPS) is 16.3. The average Bonchev–Trinajstić information content (AvgIpc) is 2.06. The SMILES string of the molecule is ClC1=POOc2ccccc21. The van der Waals surface area contributed by atoms with Crippen LogP contribution < -0.4 is 4.89 Å². The van der Waals surface area contributed by atoms with Crippen molar-refractivity contribution in [1.82, 2.24) is 0 Å². The van der Waals surface area contributed by atoms with E-state index in [2.05, 4.69) is 0 Å². The van der Waals surface area contributed by atoms with Gasteiger partial charge in [0, 0.05) is 5.56 Å². The van der Waals surface area contributed by atoms with Crippen molar-refractivity contribution in [2.24, 2.45) is 0 Å². The zero-order chi connectivity index (χ0) is 7.68. The molecule has 1 aromatic rings. The molecule has 2 nitrogen and oxygen atoms in total. The second-order valence-electron chi connectivity index (χ2n) is 2.04. The zero-order valence-electron chi connectivity index (χ0n) is 5.45. The van der Waals surface area contributed by atoms with Crippen LogP contribution in [0.5, 0.6) is 5.75 Å². The molecule has 0 saturated carbocycles. The maximum Gasteiger partial charge on any atom is 0.175 e. The first-order chi connectivity index (χ1) is 5.38. The van der Waals surface area contributed by atoms with E-state index in [1.807, 2.05) is 24.3 Å². The molecule has 1 aromatic carbocycles. The maximum absolute atomic E-state index is 5.85. The van der Waals surface area contributed by atoms with Crippen LogP contribution in [0.1, 0.15) is 5.56 Å². The van der Waals surface area contributed by atoms with Crippen LogP contribution in [0, 0.1) is 0 Å². The van der Waals surface area contributed by atoms with Crippen molar-refractivity contribution in [1.29, 1.82) is 0 Å². The van der Waals surface area contributed by atoms with Crippen molar-refractivity contribution in [3.8, 4) is 5.75 Å². The summed E-state index contributed by atoms with van der Waals surface area (Å²) in [7, 11) is 0.561. The monoisotopic (exact) mass is 186 g/mol. The highest BCUT2D eigenvalue weighted by molar-refractivity contribution is 7.42. The topological polar surface area (TPSA) is 18.5 Å². The Morgan fingerprint density at radius 3 is 2.91 bits per heavy atom.